The second kappa shape index (κ2) is 9.70. The summed E-state index contributed by atoms with van der Waals surface area (Å²) in [4.78, 5) is 16.6. The molecule has 1 heterocycles. The van der Waals surface area contributed by atoms with E-state index in [0.29, 0.717) is 34.1 Å². The number of thiazole rings is 1. The van der Waals surface area contributed by atoms with E-state index < -0.39 is 21.8 Å². The van der Waals surface area contributed by atoms with Crippen LogP contribution in [0.4, 0.5) is 24.5 Å². The number of amides is 1. The number of hydrogen-bond acceptors (Lipinski definition) is 5. The number of carbonyl (C=O) groups is 1. The summed E-state index contributed by atoms with van der Waals surface area (Å²) in [6.07, 6.45) is -3.91. The molecule has 0 spiro atoms. The molecule has 0 atom stereocenters. The Bertz CT molecular complexity index is 1170. The minimum Gasteiger partial charge on any atom is -0.326 e. The molecule has 170 valence electrons. The second-order valence-corrected chi connectivity index (χ2v) is 9.64. The van der Waals surface area contributed by atoms with Gasteiger partial charge in [-0.3, -0.25) is 9.52 Å². The van der Waals surface area contributed by atoms with Gasteiger partial charge in [0.2, 0.25) is 15.9 Å². The SMILES string of the molecule is CCCS(=O)(=O)Nc1ccc(NC(=O)Cc2csc(-c3ccc(C(F)(F)F)cc3)n2)cc1. The molecule has 2 aromatic carbocycles. The van der Waals surface area contributed by atoms with E-state index in [1.165, 1.54) is 23.5 Å². The van der Waals surface area contributed by atoms with Crippen molar-refractivity contribution >= 4 is 38.6 Å². The molecule has 3 rings (SSSR count). The van der Waals surface area contributed by atoms with Crippen molar-refractivity contribution in [2.75, 3.05) is 15.8 Å². The Balaban J connectivity index is 1.58. The maximum Gasteiger partial charge on any atom is 0.416 e. The summed E-state index contributed by atoms with van der Waals surface area (Å²) in [5.74, 6) is -0.304. The number of rotatable bonds is 8. The molecule has 0 aliphatic heterocycles. The standard InChI is InChI=1S/C21H20F3N3O3S2/c1-2-11-32(29,30)27-17-9-7-16(8-10-17)25-19(28)12-18-13-31-20(26-18)14-3-5-15(6-4-14)21(22,23)24/h3-10,13,27H,2,11-12H2,1H3,(H,25,28). The predicted octanol–water partition coefficient (Wildman–Crippen LogP) is 5.16. The number of nitrogens with zero attached hydrogens (tertiary/aromatic N) is 1. The number of anilines is 2. The Hall–Kier alpha value is -2.92. The quantitative estimate of drug-likeness (QED) is 0.463. The van der Waals surface area contributed by atoms with Crippen LogP contribution >= 0.6 is 11.3 Å². The molecule has 1 amide bonds. The molecule has 0 aliphatic rings. The summed E-state index contributed by atoms with van der Waals surface area (Å²) in [7, 11) is -3.39. The van der Waals surface area contributed by atoms with Crippen LogP contribution in [-0.4, -0.2) is 25.1 Å². The summed E-state index contributed by atoms with van der Waals surface area (Å²) in [5.41, 5.74) is 1.19. The number of sulfonamides is 1. The summed E-state index contributed by atoms with van der Waals surface area (Å²) in [6, 6.07) is 10.9. The fraction of sp³-hybridized carbons (Fsp3) is 0.238. The molecule has 11 heteroatoms. The molecule has 32 heavy (non-hydrogen) atoms. The highest BCUT2D eigenvalue weighted by Crippen LogP contribution is 2.31. The van der Waals surface area contributed by atoms with Crippen molar-refractivity contribution in [1.29, 1.82) is 0 Å². The van der Waals surface area contributed by atoms with Crippen molar-refractivity contribution in [3.05, 3.63) is 65.2 Å². The first-order valence-electron chi connectivity index (χ1n) is 9.58. The molecule has 0 aliphatic carbocycles. The van der Waals surface area contributed by atoms with E-state index >= 15 is 0 Å². The Morgan fingerprint density at radius 3 is 2.25 bits per heavy atom. The number of halogens is 3. The zero-order chi connectivity index (χ0) is 23.4. The molecule has 0 unspecified atom stereocenters. The number of hydrogen-bond donors (Lipinski definition) is 2. The van der Waals surface area contributed by atoms with Gasteiger partial charge in [0.05, 0.1) is 23.4 Å². The second-order valence-electron chi connectivity index (χ2n) is 6.94. The summed E-state index contributed by atoms with van der Waals surface area (Å²) in [6.45, 7) is 1.77. The van der Waals surface area contributed by atoms with Crippen LogP contribution in [0.1, 0.15) is 24.6 Å². The van der Waals surface area contributed by atoms with Crippen LogP contribution in [0.25, 0.3) is 10.6 Å². The van der Waals surface area contributed by atoms with Crippen molar-refractivity contribution in [1.82, 2.24) is 4.98 Å². The maximum atomic E-state index is 12.7. The number of nitrogens with one attached hydrogen (secondary N) is 2. The molecular formula is C21H20F3N3O3S2. The van der Waals surface area contributed by atoms with Crippen LogP contribution in [0.3, 0.4) is 0 Å². The van der Waals surface area contributed by atoms with Gasteiger partial charge < -0.3 is 5.32 Å². The molecule has 0 radical (unpaired) electrons. The zero-order valence-corrected chi connectivity index (χ0v) is 18.6. The highest BCUT2D eigenvalue weighted by Gasteiger charge is 2.30. The Morgan fingerprint density at radius 1 is 1.03 bits per heavy atom. The smallest absolute Gasteiger partial charge is 0.326 e. The van der Waals surface area contributed by atoms with Crippen LogP contribution in [0.15, 0.2) is 53.9 Å². The van der Waals surface area contributed by atoms with Crippen molar-refractivity contribution < 1.29 is 26.4 Å². The van der Waals surface area contributed by atoms with Crippen LogP contribution in [0.5, 0.6) is 0 Å². The average Bonchev–Trinajstić information content (AvgIpc) is 3.17. The third-order valence-electron chi connectivity index (χ3n) is 4.27. The number of alkyl halides is 3. The van der Waals surface area contributed by atoms with Gasteiger partial charge in [-0.25, -0.2) is 13.4 Å². The molecule has 0 bridgehead atoms. The molecular weight excluding hydrogens is 463 g/mol. The van der Waals surface area contributed by atoms with Gasteiger partial charge in [0.25, 0.3) is 0 Å². The first-order chi connectivity index (χ1) is 15.1. The monoisotopic (exact) mass is 483 g/mol. The number of aromatic nitrogens is 1. The van der Waals surface area contributed by atoms with Crippen LogP contribution in [0.2, 0.25) is 0 Å². The van der Waals surface area contributed by atoms with E-state index in [-0.39, 0.29) is 18.1 Å². The van der Waals surface area contributed by atoms with Crippen LogP contribution in [0, 0.1) is 0 Å². The van der Waals surface area contributed by atoms with Gasteiger partial charge in [-0.15, -0.1) is 11.3 Å². The number of benzene rings is 2. The third-order valence-corrected chi connectivity index (χ3v) is 6.70. The summed E-state index contributed by atoms with van der Waals surface area (Å²) < 4.78 is 64.1. The van der Waals surface area contributed by atoms with Crippen LogP contribution < -0.4 is 10.0 Å². The molecule has 6 nitrogen and oxygen atoms in total. The van der Waals surface area contributed by atoms with Gasteiger partial charge in [-0.2, -0.15) is 13.2 Å². The normalized spacial score (nSPS) is 11.9. The van der Waals surface area contributed by atoms with Gasteiger partial charge in [0, 0.05) is 22.3 Å². The molecule has 1 aromatic heterocycles. The largest absolute Gasteiger partial charge is 0.416 e. The van der Waals surface area contributed by atoms with Gasteiger partial charge in [-0.05, 0) is 42.8 Å². The lowest BCUT2D eigenvalue weighted by Gasteiger charge is -2.08. The van der Waals surface area contributed by atoms with Gasteiger partial charge in [-0.1, -0.05) is 19.1 Å². The average molecular weight is 484 g/mol. The van der Waals surface area contributed by atoms with Gasteiger partial charge in [0.15, 0.2) is 0 Å². The van der Waals surface area contributed by atoms with E-state index in [9.17, 15) is 26.4 Å². The highest BCUT2D eigenvalue weighted by molar-refractivity contribution is 7.92. The maximum absolute atomic E-state index is 12.7. The van der Waals surface area contributed by atoms with E-state index in [1.807, 2.05) is 0 Å². The third kappa shape index (κ3) is 6.54. The fourth-order valence-corrected chi connectivity index (χ4v) is 4.77. The minimum absolute atomic E-state index is 0.0119. The lowest BCUT2D eigenvalue weighted by atomic mass is 10.1. The fourth-order valence-electron chi connectivity index (χ4n) is 2.81. The first kappa shape index (κ1) is 23.7. The molecule has 3 aromatic rings. The van der Waals surface area contributed by atoms with Gasteiger partial charge >= 0.3 is 6.18 Å². The van der Waals surface area contributed by atoms with Crippen molar-refractivity contribution in [2.24, 2.45) is 0 Å². The van der Waals surface area contributed by atoms with Crippen molar-refractivity contribution in [3.63, 3.8) is 0 Å². The topological polar surface area (TPSA) is 88.2 Å². The van der Waals surface area contributed by atoms with Crippen LogP contribution in [-0.2, 0) is 27.4 Å². The van der Waals surface area contributed by atoms with Gasteiger partial charge in [0.1, 0.15) is 5.01 Å². The highest BCUT2D eigenvalue weighted by atomic mass is 32.2. The van der Waals surface area contributed by atoms with E-state index in [2.05, 4.69) is 15.0 Å². The van der Waals surface area contributed by atoms with Crippen molar-refractivity contribution in [3.8, 4) is 10.6 Å². The van der Waals surface area contributed by atoms with E-state index in [4.69, 9.17) is 0 Å². The molecule has 0 saturated heterocycles. The molecule has 0 fully saturated rings. The summed E-state index contributed by atoms with van der Waals surface area (Å²) >= 11 is 1.24. The van der Waals surface area contributed by atoms with E-state index in [1.54, 1.807) is 36.6 Å². The lowest BCUT2D eigenvalue weighted by molar-refractivity contribution is -0.137. The predicted molar refractivity (Wildman–Crippen MR) is 119 cm³/mol. The summed E-state index contributed by atoms with van der Waals surface area (Å²) in [5, 5.41) is 4.90. The Labute approximate surface area is 187 Å². The molecule has 2 N–H and O–H groups in total. The lowest BCUT2D eigenvalue weighted by Crippen LogP contribution is -2.16. The Kier molecular flexibility index (Phi) is 7.19. The van der Waals surface area contributed by atoms with Crippen molar-refractivity contribution in [2.45, 2.75) is 25.9 Å². The van der Waals surface area contributed by atoms with E-state index in [0.717, 1.165) is 12.1 Å². The molecule has 0 saturated carbocycles. The Morgan fingerprint density at radius 2 is 1.66 bits per heavy atom. The first-order valence-corrected chi connectivity index (χ1v) is 12.1. The zero-order valence-electron chi connectivity index (χ0n) is 16.9. The minimum atomic E-state index is -4.40. The number of carbonyl (C=O) groups excluding carboxylic acids is 1.